The Kier molecular flexibility index (Phi) is 4.98. The molecule has 0 aliphatic heterocycles. The van der Waals surface area contributed by atoms with Crippen molar-refractivity contribution >= 4 is 13.3 Å². The second-order valence-corrected chi connectivity index (χ2v) is 2.51. The Morgan fingerprint density at radius 2 is 1.06 bits per heavy atom. The summed E-state index contributed by atoms with van der Waals surface area (Å²) >= 11 is 0. The maximum Gasteiger partial charge on any atom is 1.00 e. The SMILES string of the molecule is [BH3-]c1cc(C(F)(F)F)cc(C(F)(F)F)c1.[Na+]. The van der Waals surface area contributed by atoms with Crippen molar-refractivity contribution in [2.75, 3.05) is 0 Å². The summed E-state index contributed by atoms with van der Waals surface area (Å²) in [5.41, 5.74) is -2.26. The maximum atomic E-state index is 12.2. The largest absolute Gasteiger partial charge is 1.00 e. The molecule has 0 atom stereocenters. The fourth-order valence-corrected chi connectivity index (χ4v) is 0.799. The van der Waals surface area contributed by atoms with Gasteiger partial charge in [-0.25, -0.2) is 5.46 Å². The van der Waals surface area contributed by atoms with Crippen molar-refractivity contribution in [1.29, 1.82) is 0 Å². The summed E-state index contributed by atoms with van der Waals surface area (Å²) in [6.45, 7) is 0. The molecule has 0 bridgehead atoms. The van der Waals surface area contributed by atoms with Crippen LogP contribution in [0.2, 0.25) is 0 Å². The van der Waals surface area contributed by atoms with Crippen molar-refractivity contribution in [1.82, 2.24) is 0 Å². The Balaban J connectivity index is 0.00000225. The van der Waals surface area contributed by atoms with Gasteiger partial charge in [-0.15, -0.1) is 0 Å². The molecule has 0 unspecified atom stereocenters. The monoisotopic (exact) mass is 250 g/mol. The van der Waals surface area contributed by atoms with Gasteiger partial charge in [0.1, 0.15) is 0 Å². The van der Waals surface area contributed by atoms with E-state index in [0.29, 0.717) is 0 Å². The number of hydrogen-bond donors (Lipinski definition) is 0. The van der Waals surface area contributed by atoms with E-state index in [1.54, 1.807) is 0 Å². The molecule has 0 aliphatic rings. The number of halogens is 6. The minimum atomic E-state index is -4.72. The Morgan fingerprint density at radius 1 is 0.750 bits per heavy atom. The van der Waals surface area contributed by atoms with Crippen molar-refractivity contribution < 1.29 is 55.9 Å². The fourth-order valence-electron chi connectivity index (χ4n) is 0.799. The van der Waals surface area contributed by atoms with Crippen LogP contribution in [0.3, 0.4) is 0 Å². The summed E-state index contributed by atoms with van der Waals surface area (Å²) in [7, 11) is -0.699. The van der Waals surface area contributed by atoms with E-state index in [9.17, 15) is 26.3 Å². The smallest absolute Gasteiger partial charge is 0.220 e. The summed E-state index contributed by atoms with van der Waals surface area (Å²) < 4.78 is 73.2. The van der Waals surface area contributed by atoms with Gasteiger partial charge < -0.3 is 0 Å². The van der Waals surface area contributed by atoms with Gasteiger partial charge in [-0.3, -0.25) is 0 Å². The molecule has 0 amide bonds. The summed E-state index contributed by atoms with van der Waals surface area (Å²) in [5, 5.41) is 0. The first-order valence-corrected chi connectivity index (χ1v) is 3.37. The molecule has 0 saturated carbocycles. The van der Waals surface area contributed by atoms with Crippen molar-refractivity contribution in [3.8, 4) is 0 Å². The zero-order valence-corrected chi connectivity index (χ0v) is 9.50. The predicted molar refractivity (Wildman–Crippen MR) is 46.0 cm³/mol. The number of hydrogen-bond acceptors (Lipinski definition) is 0. The first-order chi connectivity index (χ1) is 6.60. The van der Waals surface area contributed by atoms with Gasteiger partial charge in [0.05, 0.1) is 11.1 Å². The molecule has 0 saturated heterocycles. The van der Waals surface area contributed by atoms with Gasteiger partial charge in [0.2, 0.25) is 0 Å². The van der Waals surface area contributed by atoms with Crippen LogP contribution < -0.4 is 35.0 Å². The first-order valence-electron chi connectivity index (χ1n) is 3.37. The standard InChI is InChI=1S/C8H6BF6.Na/c9-6-2-4(7(10,11)12)1-5(3-6)8(13,14)15;/h1-3H,9H3;/q-1;+1. The third-order valence-electron chi connectivity index (χ3n) is 1.44. The second-order valence-electron chi connectivity index (χ2n) is 2.51. The molecule has 0 aliphatic carbocycles. The van der Waals surface area contributed by atoms with Gasteiger partial charge >= 0.3 is 41.9 Å². The summed E-state index contributed by atoms with van der Waals surface area (Å²) in [6.07, 6.45) is -9.44. The van der Waals surface area contributed by atoms with E-state index >= 15 is 0 Å². The Labute approximate surface area is 111 Å². The van der Waals surface area contributed by atoms with Crippen LogP contribution in [-0.4, -0.2) is 7.85 Å². The van der Waals surface area contributed by atoms with Gasteiger partial charge in [-0.1, -0.05) is 12.1 Å². The number of benzene rings is 1. The van der Waals surface area contributed by atoms with Crippen LogP contribution in [0.4, 0.5) is 26.3 Å². The van der Waals surface area contributed by atoms with Crippen LogP contribution in [0, 0.1) is 0 Å². The zero-order chi connectivity index (χ0) is 11.9. The quantitative estimate of drug-likeness (QED) is 0.397. The molecule has 84 valence electrons. The van der Waals surface area contributed by atoms with Gasteiger partial charge in [-0.2, -0.15) is 26.3 Å². The number of alkyl halides is 6. The predicted octanol–water partition coefficient (Wildman–Crippen LogP) is -1.28. The molecule has 1 aromatic carbocycles. The molecule has 0 aromatic heterocycles. The van der Waals surface area contributed by atoms with Crippen LogP contribution in [0.1, 0.15) is 11.1 Å². The summed E-state index contributed by atoms with van der Waals surface area (Å²) in [5.74, 6) is 0. The first kappa shape index (κ1) is 15.9. The molecule has 16 heavy (non-hydrogen) atoms. The zero-order valence-electron chi connectivity index (χ0n) is 7.50. The van der Waals surface area contributed by atoms with E-state index in [-0.39, 0.29) is 41.1 Å². The van der Waals surface area contributed by atoms with E-state index in [1.807, 2.05) is 0 Å². The number of rotatable bonds is 0. The topological polar surface area (TPSA) is 0 Å². The minimum Gasteiger partial charge on any atom is -0.220 e. The molecule has 0 heterocycles. The summed E-state index contributed by atoms with van der Waals surface area (Å²) in [4.78, 5) is 0. The molecule has 1 rings (SSSR count). The Bertz CT molecular complexity index is 338. The van der Waals surface area contributed by atoms with Crippen LogP contribution in [0.5, 0.6) is 0 Å². The van der Waals surface area contributed by atoms with E-state index < -0.39 is 31.3 Å². The minimum absolute atomic E-state index is 0. The van der Waals surface area contributed by atoms with Crippen molar-refractivity contribution in [2.24, 2.45) is 0 Å². The van der Waals surface area contributed by atoms with Gasteiger partial charge in [0, 0.05) is 0 Å². The Hall–Kier alpha value is -0.135. The molecule has 0 N–H and O–H groups in total. The van der Waals surface area contributed by atoms with Crippen LogP contribution in [0.25, 0.3) is 0 Å². The normalized spacial score (nSPS) is 12.2. The van der Waals surface area contributed by atoms with Gasteiger partial charge in [0.25, 0.3) is 0 Å². The van der Waals surface area contributed by atoms with Crippen LogP contribution in [-0.2, 0) is 12.4 Å². The molecule has 0 radical (unpaired) electrons. The van der Waals surface area contributed by atoms with Crippen LogP contribution in [0.15, 0.2) is 18.2 Å². The average molecular weight is 250 g/mol. The fraction of sp³-hybridized carbons (Fsp3) is 0.250. The van der Waals surface area contributed by atoms with Crippen LogP contribution >= 0.6 is 0 Å². The molecule has 0 nitrogen and oxygen atoms in total. The van der Waals surface area contributed by atoms with Crippen molar-refractivity contribution in [3.05, 3.63) is 29.3 Å². The average Bonchev–Trinajstić information content (AvgIpc) is 1.99. The molecular weight excluding hydrogens is 244 g/mol. The maximum absolute atomic E-state index is 12.2. The van der Waals surface area contributed by atoms with Gasteiger partial charge in [-0.05, 0) is 13.9 Å². The van der Waals surface area contributed by atoms with Gasteiger partial charge in [0.15, 0.2) is 0 Å². The van der Waals surface area contributed by atoms with Crippen molar-refractivity contribution in [2.45, 2.75) is 12.4 Å². The van der Waals surface area contributed by atoms with E-state index in [0.717, 1.165) is 12.1 Å². The Morgan fingerprint density at radius 3 is 1.31 bits per heavy atom. The molecular formula is C8H6BF6Na. The third-order valence-corrected chi connectivity index (χ3v) is 1.44. The molecule has 0 fully saturated rings. The van der Waals surface area contributed by atoms with E-state index in [2.05, 4.69) is 0 Å². The summed E-state index contributed by atoms with van der Waals surface area (Å²) in [6, 6.07) is 1.72. The molecule has 1 aromatic rings. The molecule has 8 heteroatoms. The second kappa shape index (κ2) is 5.02. The van der Waals surface area contributed by atoms with Crippen molar-refractivity contribution in [3.63, 3.8) is 0 Å². The molecule has 0 spiro atoms. The third kappa shape index (κ3) is 4.03. The van der Waals surface area contributed by atoms with E-state index in [4.69, 9.17) is 0 Å². The van der Waals surface area contributed by atoms with E-state index in [1.165, 1.54) is 0 Å².